The van der Waals surface area contributed by atoms with Gasteiger partial charge in [0.1, 0.15) is 4.21 Å². The van der Waals surface area contributed by atoms with Gasteiger partial charge < -0.3 is 9.64 Å². The Bertz CT molecular complexity index is 1130. The summed E-state index contributed by atoms with van der Waals surface area (Å²) in [4.78, 5) is 26.7. The van der Waals surface area contributed by atoms with E-state index in [9.17, 15) is 18.0 Å². The predicted molar refractivity (Wildman–Crippen MR) is 118 cm³/mol. The van der Waals surface area contributed by atoms with Crippen molar-refractivity contribution in [3.8, 4) is 0 Å². The Kier molecular flexibility index (Phi) is 7.56. The van der Waals surface area contributed by atoms with Crippen LogP contribution < -0.4 is 5.14 Å². The van der Waals surface area contributed by atoms with E-state index in [1.165, 1.54) is 5.38 Å². The summed E-state index contributed by atoms with van der Waals surface area (Å²) in [5.41, 5.74) is 2.10. The van der Waals surface area contributed by atoms with Crippen molar-refractivity contribution in [3.05, 3.63) is 88.8 Å². The Labute approximate surface area is 185 Å². The van der Waals surface area contributed by atoms with E-state index in [-0.39, 0.29) is 15.7 Å². The molecule has 0 aliphatic rings. The van der Waals surface area contributed by atoms with Crippen LogP contribution in [-0.2, 0) is 32.5 Å². The molecule has 0 aliphatic carbocycles. The molecule has 31 heavy (non-hydrogen) atoms. The highest BCUT2D eigenvalue weighted by molar-refractivity contribution is 7.91. The lowest BCUT2D eigenvalue weighted by atomic mass is 10.1. The number of ether oxygens (including phenoxy) is 1. The molecule has 0 atom stereocenters. The molecule has 1 heterocycles. The highest BCUT2D eigenvalue weighted by atomic mass is 32.2. The fourth-order valence-corrected chi connectivity index (χ4v) is 4.45. The molecule has 2 aromatic carbocycles. The van der Waals surface area contributed by atoms with Gasteiger partial charge in [-0.3, -0.25) is 4.79 Å². The molecule has 1 amide bonds. The topological polar surface area (TPSA) is 107 Å². The maximum absolute atomic E-state index is 12.8. The van der Waals surface area contributed by atoms with Crippen LogP contribution in [0.25, 0.3) is 0 Å². The van der Waals surface area contributed by atoms with Gasteiger partial charge in [0.15, 0.2) is 6.61 Å². The van der Waals surface area contributed by atoms with Gasteiger partial charge in [-0.1, -0.05) is 60.7 Å². The quantitative estimate of drug-likeness (QED) is 0.496. The number of rotatable bonds is 9. The summed E-state index contributed by atoms with van der Waals surface area (Å²) < 4.78 is 27.7. The van der Waals surface area contributed by atoms with Gasteiger partial charge in [-0.2, -0.15) is 0 Å². The zero-order chi connectivity index (χ0) is 22.3. The molecular formula is C22H22N2O5S2. The van der Waals surface area contributed by atoms with Crippen LogP contribution in [0.4, 0.5) is 0 Å². The van der Waals surface area contributed by atoms with Crippen molar-refractivity contribution in [1.82, 2.24) is 4.90 Å². The van der Waals surface area contributed by atoms with Crippen LogP contribution in [0.3, 0.4) is 0 Å². The lowest BCUT2D eigenvalue weighted by Gasteiger charge is -2.23. The second-order valence-corrected chi connectivity index (χ2v) is 9.51. The third-order valence-corrected chi connectivity index (χ3v) is 6.89. The summed E-state index contributed by atoms with van der Waals surface area (Å²) in [6.45, 7) is 0.405. The molecule has 0 bridgehead atoms. The molecular weight excluding hydrogens is 436 g/mol. The minimum Gasteiger partial charge on any atom is -0.452 e. The predicted octanol–water partition coefficient (Wildman–Crippen LogP) is 2.82. The van der Waals surface area contributed by atoms with Crippen LogP contribution in [0.2, 0.25) is 0 Å². The van der Waals surface area contributed by atoms with E-state index in [1.54, 1.807) is 4.90 Å². The van der Waals surface area contributed by atoms with Crippen LogP contribution in [0, 0.1) is 0 Å². The number of amides is 1. The van der Waals surface area contributed by atoms with Crippen molar-refractivity contribution < 1.29 is 22.7 Å². The largest absolute Gasteiger partial charge is 0.452 e. The summed E-state index contributed by atoms with van der Waals surface area (Å²) in [6, 6.07) is 20.5. The monoisotopic (exact) mass is 458 g/mol. The van der Waals surface area contributed by atoms with Gasteiger partial charge in [0.2, 0.25) is 10.0 Å². The zero-order valence-electron chi connectivity index (χ0n) is 16.6. The van der Waals surface area contributed by atoms with Gasteiger partial charge in [0.05, 0.1) is 5.56 Å². The van der Waals surface area contributed by atoms with Crippen molar-refractivity contribution in [2.75, 3.05) is 13.2 Å². The molecule has 2 N–H and O–H groups in total. The molecule has 3 rings (SSSR count). The van der Waals surface area contributed by atoms with Crippen LogP contribution >= 0.6 is 11.3 Å². The first-order valence-electron chi connectivity index (χ1n) is 9.47. The molecule has 9 heteroatoms. The number of sulfonamides is 1. The maximum Gasteiger partial charge on any atom is 0.339 e. The fourth-order valence-electron chi connectivity index (χ4n) is 2.88. The van der Waals surface area contributed by atoms with Crippen LogP contribution in [0.5, 0.6) is 0 Å². The normalized spacial score (nSPS) is 11.1. The summed E-state index contributed by atoms with van der Waals surface area (Å²) in [5.74, 6) is -1.11. The molecule has 1 aromatic heterocycles. The van der Waals surface area contributed by atoms with E-state index in [0.717, 1.165) is 28.5 Å². The Morgan fingerprint density at radius 3 is 2.16 bits per heavy atom. The van der Waals surface area contributed by atoms with Gasteiger partial charge in [-0.05, 0) is 23.6 Å². The summed E-state index contributed by atoms with van der Waals surface area (Å²) in [7, 11) is -3.89. The lowest BCUT2D eigenvalue weighted by Crippen LogP contribution is -2.35. The summed E-state index contributed by atoms with van der Waals surface area (Å²) >= 11 is 0.824. The number of carbonyl (C=O) groups excluding carboxylic acids is 2. The van der Waals surface area contributed by atoms with Crippen molar-refractivity contribution >= 4 is 33.2 Å². The van der Waals surface area contributed by atoms with Crippen LogP contribution in [0.15, 0.2) is 76.3 Å². The number of carbonyl (C=O) groups is 2. The number of primary sulfonamides is 1. The number of nitrogens with two attached hydrogens (primary N) is 1. The second kappa shape index (κ2) is 10.3. The number of benzene rings is 2. The first-order chi connectivity index (χ1) is 14.8. The standard InChI is InChI=1S/C22H22N2O5S2/c23-31(27,28)21-13-19(16-30-21)22(26)29-15-20(25)24(14-18-9-5-2-6-10-18)12-11-17-7-3-1-4-8-17/h1-10,13,16H,11-12,14-15H2,(H2,23,27,28). The summed E-state index contributed by atoms with van der Waals surface area (Å²) in [5, 5.41) is 6.39. The molecule has 0 aliphatic heterocycles. The summed E-state index contributed by atoms with van der Waals surface area (Å²) in [6.07, 6.45) is 0.662. The Morgan fingerprint density at radius 1 is 0.968 bits per heavy atom. The van der Waals surface area contributed by atoms with Crippen LogP contribution in [-0.4, -0.2) is 38.3 Å². The average molecular weight is 459 g/mol. The minimum absolute atomic E-state index is 0.0423. The van der Waals surface area contributed by atoms with Gasteiger partial charge >= 0.3 is 5.97 Å². The highest BCUT2D eigenvalue weighted by Gasteiger charge is 2.20. The minimum atomic E-state index is -3.89. The first kappa shape index (κ1) is 22.7. The van der Waals surface area contributed by atoms with E-state index in [4.69, 9.17) is 9.88 Å². The van der Waals surface area contributed by atoms with Crippen molar-refractivity contribution in [2.24, 2.45) is 5.14 Å². The SMILES string of the molecule is NS(=O)(=O)c1cc(C(=O)OCC(=O)N(CCc2ccccc2)Cc2ccccc2)cs1. The van der Waals surface area contributed by atoms with Gasteiger partial charge in [-0.15, -0.1) is 11.3 Å². The number of esters is 1. The average Bonchev–Trinajstić information content (AvgIpc) is 3.27. The van der Waals surface area contributed by atoms with E-state index in [2.05, 4.69) is 0 Å². The fraction of sp³-hybridized carbons (Fsp3) is 0.182. The third-order valence-electron chi connectivity index (χ3n) is 4.50. The molecule has 3 aromatic rings. The molecule has 0 unspecified atom stereocenters. The number of thiophene rings is 1. The number of hydrogen-bond donors (Lipinski definition) is 1. The van der Waals surface area contributed by atoms with Crippen molar-refractivity contribution in [2.45, 2.75) is 17.2 Å². The van der Waals surface area contributed by atoms with E-state index in [0.29, 0.717) is 19.5 Å². The van der Waals surface area contributed by atoms with Crippen molar-refractivity contribution in [3.63, 3.8) is 0 Å². The molecule has 162 valence electrons. The smallest absolute Gasteiger partial charge is 0.339 e. The highest BCUT2D eigenvalue weighted by Crippen LogP contribution is 2.19. The first-order valence-corrected chi connectivity index (χ1v) is 11.9. The van der Waals surface area contributed by atoms with Crippen LogP contribution in [0.1, 0.15) is 21.5 Å². The molecule has 7 nitrogen and oxygen atoms in total. The second-order valence-electron chi connectivity index (χ2n) is 6.81. The Hall–Kier alpha value is -3.01. The third kappa shape index (κ3) is 6.74. The number of hydrogen-bond acceptors (Lipinski definition) is 6. The zero-order valence-corrected chi connectivity index (χ0v) is 18.3. The molecule has 0 saturated carbocycles. The van der Waals surface area contributed by atoms with Crippen molar-refractivity contribution in [1.29, 1.82) is 0 Å². The van der Waals surface area contributed by atoms with Gasteiger partial charge in [0, 0.05) is 18.5 Å². The van der Waals surface area contributed by atoms with Gasteiger partial charge in [0.25, 0.3) is 5.91 Å². The lowest BCUT2D eigenvalue weighted by molar-refractivity contribution is -0.135. The molecule has 0 fully saturated rings. The molecule has 0 radical (unpaired) electrons. The molecule has 0 spiro atoms. The van der Waals surface area contributed by atoms with E-state index >= 15 is 0 Å². The maximum atomic E-state index is 12.8. The van der Waals surface area contributed by atoms with Gasteiger partial charge in [-0.25, -0.2) is 18.4 Å². The molecule has 0 saturated heterocycles. The van der Waals surface area contributed by atoms with E-state index in [1.807, 2.05) is 60.7 Å². The Balaban J connectivity index is 1.64. The number of nitrogens with zero attached hydrogens (tertiary/aromatic N) is 1. The van der Waals surface area contributed by atoms with E-state index < -0.39 is 22.6 Å². The Morgan fingerprint density at radius 2 is 1.58 bits per heavy atom.